The second-order valence-electron chi connectivity index (χ2n) is 5.31. The zero-order valence-corrected chi connectivity index (χ0v) is 13.8. The lowest BCUT2D eigenvalue weighted by molar-refractivity contribution is 0.312. The maximum Gasteiger partial charge on any atom is 0.135 e. The minimum absolute atomic E-state index is 0.514. The normalized spacial score (nSPS) is 15.9. The maximum atomic E-state index is 6.03. The third-order valence-electron chi connectivity index (χ3n) is 3.67. The van der Waals surface area contributed by atoms with Crippen molar-refractivity contribution < 1.29 is 0 Å². The van der Waals surface area contributed by atoms with Crippen LogP contribution in [0.25, 0.3) is 0 Å². The Labute approximate surface area is 139 Å². The fourth-order valence-corrected chi connectivity index (χ4v) is 2.64. The van der Waals surface area contributed by atoms with Crippen molar-refractivity contribution in [1.82, 2.24) is 14.9 Å². The lowest BCUT2D eigenvalue weighted by Gasteiger charge is -2.33. The van der Waals surface area contributed by atoms with Crippen molar-refractivity contribution in [3.63, 3.8) is 0 Å². The van der Waals surface area contributed by atoms with E-state index in [2.05, 4.69) is 32.1 Å². The van der Waals surface area contributed by atoms with Crippen molar-refractivity contribution >= 4 is 40.5 Å². The molecule has 0 radical (unpaired) electrons. The summed E-state index contributed by atoms with van der Waals surface area (Å²) in [5, 5.41) is 4.28. The smallest absolute Gasteiger partial charge is 0.135 e. The summed E-state index contributed by atoms with van der Waals surface area (Å²) >= 11 is 12.0. The number of hydrogen-bond acceptors (Lipinski definition) is 5. The van der Waals surface area contributed by atoms with Crippen LogP contribution in [0.2, 0.25) is 10.0 Å². The first kappa shape index (κ1) is 15.3. The molecule has 2 aromatic rings. The molecule has 1 aromatic heterocycles. The van der Waals surface area contributed by atoms with E-state index < -0.39 is 0 Å². The summed E-state index contributed by atoms with van der Waals surface area (Å²) in [4.78, 5) is 13.2. The van der Waals surface area contributed by atoms with Gasteiger partial charge in [0.1, 0.15) is 18.0 Å². The van der Waals surface area contributed by atoms with Crippen LogP contribution in [0.1, 0.15) is 0 Å². The van der Waals surface area contributed by atoms with Crippen molar-refractivity contribution in [2.24, 2.45) is 0 Å². The van der Waals surface area contributed by atoms with E-state index in [1.807, 2.05) is 12.1 Å². The van der Waals surface area contributed by atoms with Crippen LogP contribution >= 0.6 is 23.2 Å². The monoisotopic (exact) mass is 337 g/mol. The minimum atomic E-state index is 0.514. The standard InChI is InChI=1S/C15H17Cl2N5/c1-21-4-6-22(7-5-21)15-9-14(18-10-19-15)20-11-2-3-12(16)13(17)8-11/h2-3,8-10H,4-7H2,1H3,(H,18,19,20). The second-order valence-corrected chi connectivity index (χ2v) is 6.12. The third kappa shape index (κ3) is 3.61. The molecule has 0 unspecified atom stereocenters. The van der Waals surface area contributed by atoms with Gasteiger partial charge >= 0.3 is 0 Å². The van der Waals surface area contributed by atoms with E-state index in [1.165, 1.54) is 0 Å². The lowest BCUT2D eigenvalue weighted by Crippen LogP contribution is -2.44. The molecular formula is C15H17Cl2N5. The molecule has 1 aliphatic heterocycles. The first-order valence-electron chi connectivity index (χ1n) is 7.09. The SMILES string of the molecule is CN1CCN(c2cc(Nc3ccc(Cl)c(Cl)c3)ncn2)CC1. The number of nitrogens with one attached hydrogen (secondary N) is 1. The van der Waals surface area contributed by atoms with E-state index in [0.717, 1.165) is 43.5 Å². The summed E-state index contributed by atoms with van der Waals surface area (Å²) in [6.45, 7) is 4.03. The van der Waals surface area contributed by atoms with Crippen LogP contribution in [-0.2, 0) is 0 Å². The Hall–Kier alpha value is -1.56. The van der Waals surface area contributed by atoms with Gasteiger partial charge in [-0.15, -0.1) is 0 Å². The third-order valence-corrected chi connectivity index (χ3v) is 4.41. The Balaban J connectivity index is 1.74. The maximum absolute atomic E-state index is 6.03. The Bertz CT molecular complexity index is 656. The number of halogens is 2. The average molecular weight is 338 g/mol. The fraction of sp³-hybridized carbons (Fsp3) is 0.333. The van der Waals surface area contributed by atoms with Gasteiger partial charge in [0.05, 0.1) is 10.0 Å². The van der Waals surface area contributed by atoms with Crippen LogP contribution in [0.4, 0.5) is 17.3 Å². The van der Waals surface area contributed by atoms with Crippen molar-refractivity contribution in [3.05, 3.63) is 40.6 Å². The zero-order chi connectivity index (χ0) is 15.5. The number of aromatic nitrogens is 2. The van der Waals surface area contributed by atoms with Gasteiger partial charge in [0.2, 0.25) is 0 Å². The number of benzene rings is 1. The molecule has 0 saturated carbocycles. The molecular weight excluding hydrogens is 321 g/mol. The number of piperazine rings is 1. The van der Waals surface area contributed by atoms with Crippen molar-refractivity contribution in [1.29, 1.82) is 0 Å². The quantitative estimate of drug-likeness (QED) is 0.931. The molecule has 3 rings (SSSR count). The molecule has 116 valence electrons. The molecule has 0 bridgehead atoms. The predicted octanol–water partition coefficient (Wildman–Crippen LogP) is 3.28. The van der Waals surface area contributed by atoms with E-state index >= 15 is 0 Å². The van der Waals surface area contributed by atoms with Gasteiger partial charge in [0.15, 0.2) is 0 Å². The molecule has 7 heteroatoms. The predicted molar refractivity (Wildman–Crippen MR) is 91.5 cm³/mol. The first-order valence-corrected chi connectivity index (χ1v) is 7.85. The highest BCUT2D eigenvalue weighted by Crippen LogP contribution is 2.27. The second kappa shape index (κ2) is 6.69. The van der Waals surface area contributed by atoms with Gasteiger partial charge in [-0.25, -0.2) is 9.97 Å². The van der Waals surface area contributed by atoms with Crippen LogP contribution in [0.5, 0.6) is 0 Å². The van der Waals surface area contributed by atoms with Crippen molar-refractivity contribution in [2.45, 2.75) is 0 Å². The molecule has 0 spiro atoms. The van der Waals surface area contributed by atoms with Gasteiger partial charge in [-0.3, -0.25) is 0 Å². The first-order chi connectivity index (χ1) is 10.6. The molecule has 0 aliphatic carbocycles. The molecule has 5 nitrogen and oxygen atoms in total. The van der Waals surface area contributed by atoms with Gasteiger partial charge < -0.3 is 15.1 Å². The van der Waals surface area contributed by atoms with Gasteiger partial charge in [-0.1, -0.05) is 23.2 Å². The van der Waals surface area contributed by atoms with Crippen LogP contribution in [-0.4, -0.2) is 48.1 Å². The molecule has 0 atom stereocenters. The van der Waals surface area contributed by atoms with Gasteiger partial charge in [-0.2, -0.15) is 0 Å². The highest BCUT2D eigenvalue weighted by molar-refractivity contribution is 6.42. The van der Waals surface area contributed by atoms with Crippen LogP contribution in [0, 0.1) is 0 Å². The topological polar surface area (TPSA) is 44.3 Å². The Kier molecular flexibility index (Phi) is 4.66. The number of nitrogens with zero attached hydrogens (tertiary/aromatic N) is 4. The average Bonchev–Trinajstić information content (AvgIpc) is 2.52. The van der Waals surface area contributed by atoms with Crippen molar-refractivity contribution in [3.8, 4) is 0 Å². The van der Waals surface area contributed by atoms with Crippen LogP contribution in [0.15, 0.2) is 30.6 Å². The molecule has 1 fully saturated rings. The van der Waals surface area contributed by atoms with E-state index in [-0.39, 0.29) is 0 Å². The van der Waals surface area contributed by atoms with Crippen LogP contribution in [0.3, 0.4) is 0 Å². The minimum Gasteiger partial charge on any atom is -0.354 e. The van der Waals surface area contributed by atoms with E-state index in [4.69, 9.17) is 23.2 Å². The number of likely N-dealkylation sites (N-methyl/N-ethyl adjacent to an activating group) is 1. The molecule has 22 heavy (non-hydrogen) atoms. The Morgan fingerprint density at radius 3 is 2.50 bits per heavy atom. The summed E-state index contributed by atoms with van der Waals surface area (Å²) in [6.07, 6.45) is 1.58. The fourth-order valence-electron chi connectivity index (χ4n) is 2.35. The van der Waals surface area contributed by atoms with Gasteiger partial charge in [-0.05, 0) is 25.2 Å². The molecule has 1 saturated heterocycles. The zero-order valence-electron chi connectivity index (χ0n) is 12.3. The lowest BCUT2D eigenvalue weighted by atomic mass is 10.3. The molecule has 1 aliphatic rings. The molecule has 0 amide bonds. The Morgan fingerprint density at radius 2 is 1.77 bits per heavy atom. The molecule has 1 aromatic carbocycles. The Morgan fingerprint density at radius 1 is 1.00 bits per heavy atom. The van der Waals surface area contributed by atoms with Crippen molar-refractivity contribution in [2.75, 3.05) is 43.4 Å². The summed E-state index contributed by atoms with van der Waals surface area (Å²) in [5.74, 6) is 1.67. The largest absolute Gasteiger partial charge is 0.354 e. The number of rotatable bonds is 3. The number of anilines is 3. The number of hydrogen-bond donors (Lipinski definition) is 1. The summed E-state index contributed by atoms with van der Waals surface area (Å²) in [7, 11) is 2.13. The summed E-state index contributed by atoms with van der Waals surface area (Å²) in [5.41, 5.74) is 0.845. The van der Waals surface area contributed by atoms with E-state index in [0.29, 0.717) is 10.0 Å². The highest BCUT2D eigenvalue weighted by Gasteiger charge is 2.15. The molecule has 2 heterocycles. The van der Waals surface area contributed by atoms with Crippen LogP contribution < -0.4 is 10.2 Å². The summed E-state index contributed by atoms with van der Waals surface area (Å²) in [6, 6.07) is 7.36. The van der Waals surface area contributed by atoms with E-state index in [1.54, 1.807) is 18.5 Å². The van der Waals surface area contributed by atoms with Gasteiger partial charge in [0, 0.05) is 37.9 Å². The molecule has 1 N–H and O–H groups in total. The summed E-state index contributed by atoms with van der Waals surface area (Å²) < 4.78 is 0. The van der Waals surface area contributed by atoms with E-state index in [9.17, 15) is 0 Å². The highest BCUT2D eigenvalue weighted by atomic mass is 35.5. The van der Waals surface area contributed by atoms with Gasteiger partial charge in [0.25, 0.3) is 0 Å².